The van der Waals surface area contributed by atoms with Crippen LogP contribution in [0.1, 0.15) is 0 Å². The third kappa shape index (κ3) is 6.23. The average molecular weight is 445 g/mol. The molecule has 0 N–H and O–H groups in total. The van der Waals surface area contributed by atoms with Crippen LogP contribution < -0.4 is 0 Å². The van der Waals surface area contributed by atoms with Crippen molar-refractivity contribution < 1.29 is 17.1 Å². The van der Waals surface area contributed by atoms with E-state index in [1.807, 2.05) is 78.9 Å². The first kappa shape index (κ1) is 20.1. The first-order chi connectivity index (χ1) is 12.3. The zero-order valence-corrected chi connectivity index (χ0v) is 16.6. The molecule has 2 nitrogen and oxygen atoms in total. The summed E-state index contributed by atoms with van der Waals surface area (Å²) in [5, 5.41) is 4.24. The fraction of sp³-hybridized carbons (Fsp3) is 0. The first-order valence-electron chi connectivity index (χ1n) is 7.97. The molecule has 0 aromatic heterocycles. The molecule has 2 aromatic rings. The number of rotatable bonds is 2. The van der Waals surface area contributed by atoms with Gasteiger partial charge in [-0.1, -0.05) is 64.5 Å². The number of nitrogens with zero attached hydrogens (tertiary/aromatic N) is 2. The molecule has 0 radical (unpaired) electrons. The van der Waals surface area contributed by atoms with Crippen LogP contribution in [-0.4, -0.2) is 5.71 Å². The molecule has 0 amide bonds. The molecule has 2 aliphatic rings. The van der Waals surface area contributed by atoms with E-state index in [0.29, 0.717) is 0 Å². The summed E-state index contributed by atoms with van der Waals surface area (Å²) in [6.07, 6.45) is 16.3. The normalized spacial score (nSPS) is 14.0. The molecule has 2 aliphatic carbocycles. The summed E-state index contributed by atoms with van der Waals surface area (Å²) >= 11 is 3.40. The quantitative estimate of drug-likeness (QED) is 0.278. The van der Waals surface area contributed by atoms with Crippen LogP contribution in [0.3, 0.4) is 0 Å². The number of allylic oxidation sites excluding steroid dienone is 10. The van der Waals surface area contributed by atoms with Crippen molar-refractivity contribution in [3.05, 3.63) is 124 Å². The van der Waals surface area contributed by atoms with Gasteiger partial charge in [0.1, 0.15) is 0 Å². The monoisotopic (exact) mass is 444 g/mol. The molecule has 130 valence electrons. The standard InChI is InChI=1S/C17H12BrN2.C5H5.Fe/c18-15-7-11-17(12-8-15)20-19-16-9-5-14(6-10-16)13-3-1-2-4-13;1-2-4-5-3-1;/h1-12H;1-5H;/q2*-1;+2. The molecule has 4 heteroatoms. The summed E-state index contributed by atoms with van der Waals surface area (Å²) in [6.45, 7) is 0. The Balaban J connectivity index is 0.000000351. The Hall–Kier alpha value is -2.26. The fourth-order valence-corrected chi connectivity index (χ4v) is 2.50. The van der Waals surface area contributed by atoms with Gasteiger partial charge in [-0.2, -0.15) is 18.2 Å². The minimum Gasteiger partial charge on any atom is -0.575 e. The van der Waals surface area contributed by atoms with Gasteiger partial charge in [0, 0.05) is 10.2 Å². The molecule has 4 rings (SSSR count). The Morgan fingerprint density at radius 3 is 1.88 bits per heavy atom. The third-order valence-corrected chi connectivity index (χ3v) is 4.06. The second kappa shape index (κ2) is 10.7. The number of hydrogen-bond donors (Lipinski definition) is 0. The van der Waals surface area contributed by atoms with Crippen LogP contribution in [-0.2, 0) is 17.1 Å². The third-order valence-electron chi connectivity index (χ3n) is 3.53. The molecule has 0 unspecified atom stereocenters. The molecule has 0 bridgehead atoms. The van der Waals surface area contributed by atoms with Crippen molar-refractivity contribution in [2.45, 2.75) is 0 Å². The van der Waals surface area contributed by atoms with Crippen molar-refractivity contribution >= 4 is 27.3 Å². The minimum atomic E-state index is 0. The summed E-state index contributed by atoms with van der Waals surface area (Å²) in [5.41, 5.74) is 8.32. The van der Waals surface area contributed by atoms with Crippen molar-refractivity contribution in [1.82, 2.24) is 0 Å². The smallest absolute Gasteiger partial charge is 0.575 e. The molecule has 2 aromatic carbocycles. The van der Waals surface area contributed by atoms with Gasteiger partial charge < -0.3 is 10.5 Å². The Morgan fingerprint density at radius 2 is 1.35 bits per heavy atom. The van der Waals surface area contributed by atoms with E-state index in [4.69, 9.17) is 0 Å². The Bertz CT molecular complexity index is 818. The molecule has 0 saturated heterocycles. The van der Waals surface area contributed by atoms with Gasteiger partial charge in [0.05, 0.1) is 0 Å². The van der Waals surface area contributed by atoms with Gasteiger partial charge in [0.25, 0.3) is 0 Å². The Labute approximate surface area is 173 Å². The van der Waals surface area contributed by atoms with Crippen molar-refractivity contribution in [1.29, 1.82) is 0 Å². The largest absolute Gasteiger partial charge is 2.00 e. The predicted molar refractivity (Wildman–Crippen MR) is 110 cm³/mol. The van der Waals surface area contributed by atoms with Crippen molar-refractivity contribution in [3.8, 4) is 0 Å². The molecule has 26 heavy (non-hydrogen) atoms. The van der Waals surface area contributed by atoms with Crippen LogP contribution >= 0.6 is 15.9 Å². The second-order valence-electron chi connectivity index (χ2n) is 5.36. The van der Waals surface area contributed by atoms with Crippen LogP contribution in [0.2, 0.25) is 0 Å². The van der Waals surface area contributed by atoms with E-state index in [-0.39, 0.29) is 17.1 Å². The van der Waals surface area contributed by atoms with Gasteiger partial charge in [0.2, 0.25) is 0 Å². The van der Waals surface area contributed by atoms with Crippen molar-refractivity contribution in [2.75, 3.05) is 0 Å². The summed E-state index contributed by atoms with van der Waals surface area (Å²) in [5.74, 6) is 0. The molecule has 0 aliphatic heterocycles. The van der Waals surface area contributed by atoms with Gasteiger partial charge in [0.15, 0.2) is 0 Å². The maximum absolute atomic E-state index is 4.24. The number of benzene rings is 1. The minimum absolute atomic E-state index is 0. The van der Waals surface area contributed by atoms with Gasteiger partial charge in [-0.05, 0) is 35.4 Å². The maximum Gasteiger partial charge on any atom is 2.00 e. The van der Waals surface area contributed by atoms with E-state index >= 15 is 0 Å². The van der Waals surface area contributed by atoms with E-state index in [2.05, 4.69) is 50.8 Å². The van der Waals surface area contributed by atoms with E-state index in [9.17, 15) is 0 Å². The predicted octanol–water partition coefficient (Wildman–Crippen LogP) is 6.76. The average Bonchev–Trinajstić information content (AvgIpc) is 3.38. The summed E-state index contributed by atoms with van der Waals surface area (Å²) in [7, 11) is 0. The summed E-state index contributed by atoms with van der Waals surface area (Å²) in [4.78, 5) is 0. The van der Waals surface area contributed by atoms with E-state index in [1.165, 1.54) is 11.1 Å². The van der Waals surface area contributed by atoms with Gasteiger partial charge in [-0.15, -0.1) is 5.69 Å². The Morgan fingerprint density at radius 1 is 0.769 bits per heavy atom. The zero-order chi connectivity index (χ0) is 17.3. The molecule has 0 spiro atoms. The number of halogens is 1. The molecule has 0 atom stereocenters. The maximum atomic E-state index is 4.24. The Kier molecular flexibility index (Phi) is 8.23. The van der Waals surface area contributed by atoms with Crippen molar-refractivity contribution in [2.24, 2.45) is 5.10 Å². The first-order valence-corrected chi connectivity index (χ1v) is 8.77. The molecule has 0 heterocycles. The zero-order valence-electron chi connectivity index (χ0n) is 13.9. The molecular weight excluding hydrogens is 428 g/mol. The molecule has 0 fully saturated rings. The van der Waals surface area contributed by atoms with E-state index in [1.54, 1.807) is 0 Å². The fourth-order valence-electron chi connectivity index (χ4n) is 2.23. The van der Waals surface area contributed by atoms with Crippen LogP contribution in [0.15, 0.2) is 124 Å². The van der Waals surface area contributed by atoms with Crippen LogP contribution in [0, 0.1) is 0 Å². The van der Waals surface area contributed by atoms with Gasteiger partial charge in [-0.25, -0.2) is 12.1 Å². The molecule has 0 saturated carbocycles. The van der Waals surface area contributed by atoms with Gasteiger partial charge >= 0.3 is 17.1 Å². The van der Waals surface area contributed by atoms with Crippen LogP contribution in [0.5, 0.6) is 0 Å². The van der Waals surface area contributed by atoms with Crippen molar-refractivity contribution in [3.63, 3.8) is 0 Å². The topological polar surface area (TPSA) is 26.5 Å². The van der Waals surface area contributed by atoms with Crippen LogP contribution in [0.25, 0.3) is 5.43 Å². The summed E-state index contributed by atoms with van der Waals surface area (Å²) < 4.78 is 1.04. The van der Waals surface area contributed by atoms with Crippen LogP contribution in [0.4, 0.5) is 5.69 Å². The second-order valence-corrected chi connectivity index (χ2v) is 6.27. The molecular formula is C22H17BrFeN2. The van der Waals surface area contributed by atoms with E-state index < -0.39 is 0 Å². The summed E-state index contributed by atoms with van der Waals surface area (Å²) in [6, 6.07) is 17.7. The van der Waals surface area contributed by atoms with E-state index in [0.717, 1.165) is 15.9 Å². The van der Waals surface area contributed by atoms with Gasteiger partial charge in [-0.3, -0.25) is 0 Å². The number of hydrogen-bond acceptors (Lipinski definition) is 1. The SMILES string of the molecule is Brc1ccc([N-]N=C2C=CC(=C3C=CC=C3)C=C2)cc1.[Fe+2].c1cc[cH-]c1.